The van der Waals surface area contributed by atoms with Crippen molar-refractivity contribution in [3.8, 4) is 0 Å². The molecule has 0 saturated carbocycles. The number of aliphatic hydroxyl groups is 2. The second-order valence-electron chi connectivity index (χ2n) is 20.7. The van der Waals surface area contributed by atoms with E-state index < -0.39 is 12.1 Å². The molecule has 0 saturated heterocycles. The van der Waals surface area contributed by atoms with Gasteiger partial charge in [0.2, 0.25) is 5.91 Å². The molecule has 0 aliphatic carbocycles. The standard InChI is InChI=1S/C63H117NO5/c1-3-5-7-9-11-13-15-17-18-19-23-27-30-33-37-41-45-49-53-57-63(68)69-58-54-50-46-42-38-34-31-28-25-22-20-21-24-26-29-32-36-40-44-48-52-56-62(67)64-60(59-65)61(66)55-51-47-43-39-35-16-14-12-10-8-6-4-2/h11,13,17-18,34,38,46,50,60-61,65-66H,3-10,12,14-16,19-33,35-37,39-45,47-49,51-59H2,1-2H3,(H,64,67)/b13-11-,18-17-,38-34-,50-46-. The minimum Gasteiger partial charge on any atom is -0.465 e. The molecule has 2 atom stereocenters. The van der Waals surface area contributed by atoms with Gasteiger partial charge >= 0.3 is 5.97 Å². The number of aliphatic hydroxyl groups excluding tert-OH is 2. The fraction of sp³-hybridized carbons (Fsp3) is 0.841. The first-order chi connectivity index (χ1) is 34.0. The van der Waals surface area contributed by atoms with E-state index in [9.17, 15) is 19.8 Å². The minimum atomic E-state index is -0.667. The van der Waals surface area contributed by atoms with Crippen molar-refractivity contribution in [2.75, 3.05) is 13.2 Å². The molecule has 0 heterocycles. The molecule has 0 aromatic carbocycles. The predicted molar refractivity (Wildman–Crippen MR) is 301 cm³/mol. The van der Waals surface area contributed by atoms with Crippen LogP contribution in [-0.2, 0) is 14.3 Å². The zero-order valence-electron chi connectivity index (χ0n) is 46.0. The highest BCUT2D eigenvalue weighted by Gasteiger charge is 2.20. The normalized spacial score (nSPS) is 12.9. The van der Waals surface area contributed by atoms with Crippen LogP contribution < -0.4 is 5.32 Å². The molecule has 0 fully saturated rings. The first kappa shape index (κ1) is 66.8. The molecule has 0 aliphatic heterocycles. The summed E-state index contributed by atoms with van der Waals surface area (Å²) in [5.41, 5.74) is 0. The van der Waals surface area contributed by atoms with Gasteiger partial charge in [0.25, 0.3) is 0 Å². The highest BCUT2D eigenvalue weighted by Crippen LogP contribution is 2.17. The van der Waals surface area contributed by atoms with Gasteiger partial charge in [-0.1, -0.05) is 274 Å². The molecular weight excluding hydrogens is 851 g/mol. The second-order valence-corrected chi connectivity index (χ2v) is 20.7. The van der Waals surface area contributed by atoms with E-state index in [2.05, 4.69) is 67.8 Å². The molecule has 0 radical (unpaired) electrons. The van der Waals surface area contributed by atoms with E-state index >= 15 is 0 Å². The molecule has 0 aromatic rings. The average Bonchev–Trinajstić information content (AvgIpc) is 3.35. The van der Waals surface area contributed by atoms with E-state index in [1.807, 2.05) is 0 Å². The van der Waals surface area contributed by atoms with Crippen LogP contribution >= 0.6 is 0 Å². The molecule has 0 bridgehead atoms. The Hall–Kier alpha value is -2.18. The lowest BCUT2D eigenvalue weighted by atomic mass is 10.0. The second kappa shape index (κ2) is 58.4. The molecule has 0 aromatic heterocycles. The average molecular weight is 969 g/mol. The lowest BCUT2D eigenvalue weighted by molar-refractivity contribution is -0.143. The number of allylic oxidation sites excluding steroid dienone is 7. The van der Waals surface area contributed by atoms with Gasteiger partial charge in [-0.15, -0.1) is 0 Å². The van der Waals surface area contributed by atoms with Crippen LogP contribution in [0.1, 0.15) is 316 Å². The first-order valence-electron chi connectivity index (χ1n) is 30.4. The van der Waals surface area contributed by atoms with Gasteiger partial charge in [0, 0.05) is 12.8 Å². The lowest BCUT2D eigenvalue weighted by Crippen LogP contribution is -2.45. The van der Waals surface area contributed by atoms with Crippen molar-refractivity contribution < 1.29 is 24.5 Å². The topological polar surface area (TPSA) is 95.9 Å². The van der Waals surface area contributed by atoms with Crippen LogP contribution in [0.5, 0.6) is 0 Å². The van der Waals surface area contributed by atoms with Gasteiger partial charge in [-0.3, -0.25) is 9.59 Å². The number of amides is 1. The Balaban J connectivity index is 3.44. The number of unbranched alkanes of at least 4 members (excludes halogenated alkanes) is 37. The Bertz CT molecular complexity index is 1160. The van der Waals surface area contributed by atoms with Crippen LogP contribution in [0.4, 0.5) is 0 Å². The predicted octanol–water partition coefficient (Wildman–Crippen LogP) is 19.0. The van der Waals surface area contributed by atoms with Gasteiger partial charge in [-0.25, -0.2) is 0 Å². The third-order valence-electron chi connectivity index (χ3n) is 13.9. The largest absolute Gasteiger partial charge is 0.465 e. The van der Waals surface area contributed by atoms with E-state index in [0.29, 0.717) is 25.9 Å². The van der Waals surface area contributed by atoms with Crippen molar-refractivity contribution in [3.63, 3.8) is 0 Å². The lowest BCUT2D eigenvalue weighted by Gasteiger charge is -2.22. The van der Waals surface area contributed by atoms with E-state index in [1.165, 1.54) is 225 Å². The Morgan fingerprint density at radius 2 is 0.725 bits per heavy atom. The molecule has 6 nitrogen and oxygen atoms in total. The number of hydrogen-bond acceptors (Lipinski definition) is 5. The Labute approximate surface area is 429 Å². The molecule has 0 rings (SSSR count). The molecule has 1 amide bonds. The van der Waals surface area contributed by atoms with Gasteiger partial charge in [0.1, 0.15) is 0 Å². The molecule has 404 valence electrons. The van der Waals surface area contributed by atoms with E-state index in [0.717, 1.165) is 57.8 Å². The summed E-state index contributed by atoms with van der Waals surface area (Å²) in [5, 5.41) is 23.2. The Kier molecular flexibility index (Phi) is 56.5. The zero-order chi connectivity index (χ0) is 50.0. The van der Waals surface area contributed by atoms with Crippen LogP contribution in [0.15, 0.2) is 48.6 Å². The molecular formula is C63H117NO5. The number of esters is 1. The first-order valence-corrected chi connectivity index (χ1v) is 30.4. The van der Waals surface area contributed by atoms with Crippen molar-refractivity contribution in [2.45, 2.75) is 328 Å². The summed E-state index contributed by atoms with van der Waals surface area (Å²) in [6.07, 6.45) is 74.2. The minimum absolute atomic E-state index is 0.0393. The van der Waals surface area contributed by atoms with E-state index in [-0.39, 0.29) is 18.5 Å². The SMILES string of the molecule is CCCCC/C=C\C/C=C\CCCCCCCCCCCC(=O)OCC/C=C\C/C=C\CCCCCCCCCCCCCCCCC(=O)NC(CO)C(O)CCCCCCCCCCCCCC. The third kappa shape index (κ3) is 55.0. The number of ether oxygens (including phenoxy) is 1. The Morgan fingerprint density at radius 1 is 0.406 bits per heavy atom. The quantitative estimate of drug-likeness (QED) is 0.0321. The smallest absolute Gasteiger partial charge is 0.305 e. The van der Waals surface area contributed by atoms with Crippen molar-refractivity contribution in [2.24, 2.45) is 0 Å². The van der Waals surface area contributed by atoms with Gasteiger partial charge in [0.05, 0.1) is 25.4 Å². The van der Waals surface area contributed by atoms with Crippen LogP contribution in [0.3, 0.4) is 0 Å². The summed E-state index contributed by atoms with van der Waals surface area (Å²) in [6.45, 7) is 4.82. The highest BCUT2D eigenvalue weighted by molar-refractivity contribution is 5.76. The molecule has 0 spiro atoms. The fourth-order valence-corrected chi connectivity index (χ4v) is 9.21. The van der Waals surface area contributed by atoms with Crippen LogP contribution in [-0.4, -0.2) is 47.4 Å². The van der Waals surface area contributed by atoms with E-state index in [1.54, 1.807) is 0 Å². The molecule has 69 heavy (non-hydrogen) atoms. The number of carbonyl (C=O) groups excluding carboxylic acids is 2. The van der Waals surface area contributed by atoms with Gasteiger partial charge in [-0.05, 0) is 77.0 Å². The van der Waals surface area contributed by atoms with Gasteiger partial charge in [-0.2, -0.15) is 0 Å². The highest BCUT2D eigenvalue weighted by atomic mass is 16.5. The van der Waals surface area contributed by atoms with E-state index in [4.69, 9.17) is 4.74 Å². The molecule has 6 heteroatoms. The summed E-state index contributed by atoms with van der Waals surface area (Å²) in [5.74, 6) is -0.0797. The van der Waals surface area contributed by atoms with Crippen molar-refractivity contribution in [3.05, 3.63) is 48.6 Å². The van der Waals surface area contributed by atoms with Gasteiger partial charge in [0.15, 0.2) is 0 Å². The van der Waals surface area contributed by atoms with Crippen molar-refractivity contribution >= 4 is 11.9 Å². The monoisotopic (exact) mass is 968 g/mol. The summed E-state index contributed by atoms with van der Waals surface area (Å²) in [4.78, 5) is 24.5. The maximum absolute atomic E-state index is 12.5. The molecule has 3 N–H and O–H groups in total. The van der Waals surface area contributed by atoms with Gasteiger partial charge < -0.3 is 20.3 Å². The molecule has 2 unspecified atom stereocenters. The Morgan fingerprint density at radius 3 is 1.13 bits per heavy atom. The van der Waals surface area contributed by atoms with Crippen LogP contribution in [0.2, 0.25) is 0 Å². The molecule has 0 aliphatic rings. The zero-order valence-corrected chi connectivity index (χ0v) is 46.0. The number of hydrogen-bond donors (Lipinski definition) is 3. The number of nitrogens with one attached hydrogen (secondary N) is 1. The summed E-state index contributed by atoms with van der Waals surface area (Å²) in [7, 11) is 0. The van der Waals surface area contributed by atoms with Crippen molar-refractivity contribution in [1.29, 1.82) is 0 Å². The summed E-state index contributed by atoms with van der Waals surface area (Å²) in [6, 6.07) is -0.545. The summed E-state index contributed by atoms with van der Waals surface area (Å²) >= 11 is 0. The fourth-order valence-electron chi connectivity index (χ4n) is 9.21. The summed E-state index contributed by atoms with van der Waals surface area (Å²) < 4.78 is 5.43. The van der Waals surface area contributed by atoms with Crippen molar-refractivity contribution in [1.82, 2.24) is 5.32 Å². The number of carbonyl (C=O) groups is 2. The maximum Gasteiger partial charge on any atom is 0.305 e. The van der Waals surface area contributed by atoms with Crippen LogP contribution in [0.25, 0.3) is 0 Å². The third-order valence-corrected chi connectivity index (χ3v) is 13.9. The maximum atomic E-state index is 12.5. The van der Waals surface area contributed by atoms with Crippen LogP contribution in [0, 0.1) is 0 Å². The number of rotatable bonds is 56.